The Hall–Kier alpha value is -1.42. The smallest absolute Gasteiger partial charge is 0.123 e. The number of hydrogen-bond acceptors (Lipinski definition) is 4. The molecule has 0 bridgehead atoms. The summed E-state index contributed by atoms with van der Waals surface area (Å²) in [7, 11) is 0. The highest BCUT2D eigenvalue weighted by Crippen LogP contribution is 2.29. The molecule has 1 aromatic carbocycles. The molecule has 100 valence electrons. The van der Waals surface area contributed by atoms with Crippen molar-refractivity contribution in [3.05, 3.63) is 18.2 Å². The molecule has 2 N–H and O–H groups in total. The summed E-state index contributed by atoms with van der Waals surface area (Å²) in [4.78, 5) is 2.29. The molecule has 4 nitrogen and oxygen atoms in total. The molecule has 1 aromatic rings. The van der Waals surface area contributed by atoms with Crippen molar-refractivity contribution in [2.75, 3.05) is 36.9 Å². The average Bonchev–Trinajstić information content (AvgIpc) is 2.27. The van der Waals surface area contributed by atoms with Gasteiger partial charge in [-0.1, -0.05) is 0 Å². The van der Waals surface area contributed by atoms with Crippen LogP contribution >= 0.6 is 0 Å². The number of nitrogen functional groups attached to an aromatic ring is 1. The molecule has 0 radical (unpaired) electrons. The van der Waals surface area contributed by atoms with Gasteiger partial charge in [0.25, 0.3) is 0 Å². The van der Waals surface area contributed by atoms with Gasteiger partial charge in [-0.05, 0) is 26.8 Å². The maximum absolute atomic E-state index is 5.93. The minimum Gasteiger partial charge on any atom is -0.494 e. The first-order valence-corrected chi connectivity index (χ1v) is 6.42. The van der Waals surface area contributed by atoms with E-state index in [1.807, 2.05) is 25.1 Å². The van der Waals surface area contributed by atoms with Gasteiger partial charge in [-0.3, -0.25) is 0 Å². The molecule has 1 saturated heterocycles. The number of nitrogens with two attached hydrogens (primary N) is 1. The van der Waals surface area contributed by atoms with Crippen LogP contribution in [0.1, 0.15) is 20.8 Å². The van der Waals surface area contributed by atoms with Crippen LogP contribution in [0.3, 0.4) is 0 Å². The Labute approximate surface area is 109 Å². The maximum Gasteiger partial charge on any atom is 0.123 e. The number of rotatable bonds is 3. The third kappa shape index (κ3) is 3.07. The van der Waals surface area contributed by atoms with Gasteiger partial charge in [0, 0.05) is 36.6 Å². The quantitative estimate of drug-likeness (QED) is 0.836. The van der Waals surface area contributed by atoms with Crippen LogP contribution in [0.25, 0.3) is 0 Å². The summed E-state index contributed by atoms with van der Waals surface area (Å²) in [6.45, 7) is 9.33. The fourth-order valence-electron chi connectivity index (χ4n) is 2.28. The second-order valence-corrected chi connectivity index (χ2v) is 5.22. The fraction of sp³-hybridized carbons (Fsp3) is 0.571. The monoisotopic (exact) mass is 250 g/mol. The first kappa shape index (κ1) is 13.0. The fourth-order valence-corrected chi connectivity index (χ4v) is 2.28. The minimum absolute atomic E-state index is 0.116. The Morgan fingerprint density at radius 1 is 1.39 bits per heavy atom. The Bertz CT molecular complexity index is 418. The molecule has 0 saturated carbocycles. The molecule has 0 aromatic heterocycles. The summed E-state index contributed by atoms with van der Waals surface area (Å²) in [5, 5.41) is 0. The largest absolute Gasteiger partial charge is 0.494 e. The van der Waals surface area contributed by atoms with Gasteiger partial charge in [0.2, 0.25) is 0 Å². The van der Waals surface area contributed by atoms with Gasteiger partial charge in [-0.2, -0.15) is 0 Å². The molecule has 0 aliphatic carbocycles. The number of benzene rings is 1. The normalized spacial score (nSPS) is 18.7. The summed E-state index contributed by atoms with van der Waals surface area (Å²) < 4.78 is 11.3. The van der Waals surface area contributed by atoms with Crippen LogP contribution in [0.4, 0.5) is 11.4 Å². The van der Waals surface area contributed by atoms with E-state index >= 15 is 0 Å². The second kappa shape index (κ2) is 5.06. The number of anilines is 2. The zero-order valence-corrected chi connectivity index (χ0v) is 11.4. The predicted octanol–water partition coefficient (Wildman–Crippen LogP) is 2.28. The molecule has 1 fully saturated rings. The summed E-state index contributed by atoms with van der Waals surface area (Å²) >= 11 is 0. The number of morpholine rings is 1. The Balaban J connectivity index is 2.21. The van der Waals surface area contributed by atoms with E-state index in [1.165, 1.54) is 0 Å². The first-order chi connectivity index (χ1) is 8.50. The Morgan fingerprint density at radius 2 is 2.17 bits per heavy atom. The third-order valence-electron chi connectivity index (χ3n) is 3.02. The number of ether oxygens (including phenoxy) is 2. The molecule has 2 rings (SSSR count). The topological polar surface area (TPSA) is 47.7 Å². The molecule has 0 amide bonds. The molecule has 18 heavy (non-hydrogen) atoms. The minimum atomic E-state index is -0.116. The zero-order valence-electron chi connectivity index (χ0n) is 11.4. The van der Waals surface area contributed by atoms with Gasteiger partial charge >= 0.3 is 0 Å². The maximum atomic E-state index is 5.93. The molecule has 4 heteroatoms. The van der Waals surface area contributed by atoms with Crippen molar-refractivity contribution in [1.82, 2.24) is 0 Å². The van der Waals surface area contributed by atoms with Crippen LogP contribution in [0, 0.1) is 0 Å². The van der Waals surface area contributed by atoms with Crippen LogP contribution < -0.4 is 15.4 Å². The summed E-state index contributed by atoms with van der Waals surface area (Å²) in [6, 6.07) is 5.89. The highest BCUT2D eigenvalue weighted by atomic mass is 16.5. The molecule has 1 heterocycles. The van der Waals surface area contributed by atoms with Crippen molar-refractivity contribution in [1.29, 1.82) is 0 Å². The molecular weight excluding hydrogens is 228 g/mol. The summed E-state index contributed by atoms with van der Waals surface area (Å²) in [5.41, 5.74) is 7.65. The second-order valence-electron chi connectivity index (χ2n) is 5.22. The average molecular weight is 250 g/mol. The van der Waals surface area contributed by atoms with E-state index in [0.717, 1.165) is 36.8 Å². The van der Waals surface area contributed by atoms with Crippen LogP contribution in [0.15, 0.2) is 18.2 Å². The highest BCUT2D eigenvalue weighted by molar-refractivity contribution is 5.61. The number of hydrogen-bond donors (Lipinski definition) is 1. The SMILES string of the molecule is CCOc1cc(N)cc(N2CCOC(C)(C)C2)c1. The van der Waals surface area contributed by atoms with Crippen molar-refractivity contribution in [3.8, 4) is 5.75 Å². The molecule has 0 atom stereocenters. The molecule has 0 unspecified atom stereocenters. The van der Waals surface area contributed by atoms with Crippen LogP contribution in [-0.2, 0) is 4.74 Å². The first-order valence-electron chi connectivity index (χ1n) is 6.42. The van der Waals surface area contributed by atoms with Gasteiger partial charge < -0.3 is 20.1 Å². The van der Waals surface area contributed by atoms with E-state index in [9.17, 15) is 0 Å². The van der Waals surface area contributed by atoms with E-state index in [4.69, 9.17) is 15.2 Å². The van der Waals surface area contributed by atoms with Crippen molar-refractivity contribution < 1.29 is 9.47 Å². The van der Waals surface area contributed by atoms with E-state index in [-0.39, 0.29) is 5.60 Å². The van der Waals surface area contributed by atoms with Gasteiger partial charge in [0.15, 0.2) is 0 Å². The highest BCUT2D eigenvalue weighted by Gasteiger charge is 2.27. The van der Waals surface area contributed by atoms with Gasteiger partial charge in [-0.15, -0.1) is 0 Å². The summed E-state index contributed by atoms with van der Waals surface area (Å²) in [5.74, 6) is 0.830. The Kier molecular flexibility index (Phi) is 3.66. The van der Waals surface area contributed by atoms with Crippen LogP contribution in [0.5, 0.6) is 5.75 Å². The molecule has 0 spiro atoms. The van der Waals surface area contributed by atoms with Crippen molar-refractivity contribution in [3.63, 3.8) is 0 Å². The molecule has 1 aliphatic heterocycles. The predicted molar refractivity (Wildman–Crippen MR) is 74.3 cm³/mol. The van der Waals surface area contributed by atoms with E-state index in [1.54, 1.807) is 0 Å². The van der Waals surface area contributed by atoms with Gasteiger partial charge in [-0.25, -0.2) is 0 Å². The molecule has 1 aliphatic rings. The van der Waals surface area contributed by atoms with E-state index in [2.05, 4.69) is 18.7 Å². The van der Waals surface area contributed by atoms with Crippen molar-refractivity contribution in [2.24, 2.45) is 0 Å². The van der Waals surface area contributed by atoms with E-state index < -0.39 is 0 Å². The van der Waals surface area contributed by atoms with Gasteiger partial charge in [0.05, 0.1) is 18.8 Å². The van der Waals surface area contributed by atoms with Gasteiger partial charge in [0.1, 0.15) is 5.75 Å². The lowest BCUT2D eigenvalue weighted by Crippen LogP contribution is -2.48. The Morgan fingerprint density at radius 3 is 2.83 bits per heavy atom. The van der Waals surface area contributed by atoms with Crippen LogP contribution in [0.2, 0.25) is 0 Å². The van der Waals surface area contributed by atoms with Crippen molar-refractivity contribution in [2.45, 2.75) is 26.4 Å². The summed E-state index contributed by atoms with van der Waals surface area (Å²) in [6.07, 6.45) is 0. The lowest BCUT2D eigenvalue weighted by atomic mass is 10.1. The lowest BCUT2D eigenvalue weighted by Gasteiger charge is -2.39. The zero-order chi connectivity index (χ0) is 13.2. The van der Waals surface area contributed by atoms with E-state index in [0.29, 0.717) is 6.61 Å². The van der Waals surface area contributed by atoms with Crippen molar-refractivity contribution >= 4 is 11.4 Å². The van der Waals surface area contributed by atoms with Crippen LogP contribution in [-0.4, -0.2) is 31.9 Å². The number of nitrogens with zero attached hydrogens (tertiary/aromatic N) is 1. The standard InChI is InChI=1S/C14H22N2O2/c1-4-17-13-8-11(15)7-12(9-13)16-5-6-18-14(2,3)10-16/h7-9H,4-6,10,15H2,1-3H3. The third-order valence-corrected chi connectivity index (χ3v) is 3.02. The lowest BCUT2D eigenvalue weighted by molar-refractivity contribution is -0.0277. The molecular formula is C14H22N2O2.